The Hall–Kier alpha value is -3.75. The van der Waals surface area contributed by atoms with Crippen LogP contribution in [-0.4, -0.2) is 38.5 Å². The molecule has 0 aliphatic rings. The van der Waals surface area contributed by atoms with Crippen LogP contribution in [0.15, 0.2) is 36.4 Å². The molecule has 3 amide bonds. The number of carbonyl (C=O) groups is 3. The molecule has 0 heterocycles. The molecule has 0 saturated heterocycles. The fourth-order valence-electron chi connectivity index (χ4n) is 2.58. The van der Waals surface area contributed by atoms with Gasteiger partial charge < -0.3 is 30.7 Å². The van der Waals surface area contributed by atoms with Crippen LogP contribution in [0.3, 0.4) is 0 Å². The smallest absolute Gasteiger partial charge is 0.243 e. The van der Waals surface area contributed by atoms with Gasteiger partial charge in [-0.25, -0.2) is 0 Å². The molecule has 0 saturated carbocycles. The van der Waals surface area contributed by atoms with Crippen LogP contribution in [0.1, 0.15) is 13.8 Å². The predicted octanol–water partition coefficient (Wildman–Crippen LogP) is 2.67. The molecule has 4 N–H and O–H groups in total. The van der Waals surface area contributed by atoms with Gasteiger partial charge in [0, 0.05) is 25.2 Å². The molecule has 0 aliphatic carbocycles. The largest absolute Gasteiger partial charge is 0.495 e. The molecule has 0 aliphatic heterocycles. The number of hydrogen-bond donors (Lipinski definition) is 4. The standard InChI is InChI=1S/C20H24N4O5/c1-12(25)22-14-5-7-18(28-3)16(9-14)21-11-20(27)24-17-10-15(23-13(2)26)6-8-19(17)29-4/h5-10,21H,11H2,1-4H3,(H,22,25)(H,23,26)(H,24,27). The molecule has 154 valence electrons. The number of nitrogens with one attached hydrogen (secondary N) is 4. The first-order valence-corrected chi connectivity index (χ1v) is 8.77. The van der Waals surface area contributed by atoms with Gasteiger partial charge in [0.1, 0.15) is 11.5 Å². The highest BCUT2D eigenvalue weighted by molar-refractivity contribution is 5.97. The Morgan fingerprint density at radius 1 is 0.759 bits per heavy atom. The SMILES string of the molecule is COc1ccc(NC(C)=O)cc1NCC(=O)Nc1cc(NC(C)=O)ccc1OC. The third-order valence-electron chi connectivity index (χ3n) is 3.75. The lowest BCUT2D eigenvalue weighted by Crippen LogP contribution is -2.22. The van der Waals surface area contributed by atoms with Crippen LogP contribution in [0.25, 0.3) is 0 Å². The van der Waals surface area contributed by atoms with Crippen molar-refractivity contribution < 1.29 is 23.9 Å². The molecule has 0 aromatic heterocycles. The highest BCUT2D eigenvalue weighted by atomic mass is 16.5. The van der Waals surface area contributed by atoms with E-state index in [2.05, 4.69) is 21.3 Å². The van der Waals surface area contributed by atoms with Gasteiger partial charge in [-0.15, -0.1) is 0 Å². The third kappa shape index (κ3) is 6.42. The number of rotatable bonds is 8. The first kappa shape index (κ1) is 21.5. The minimum atomic E-state index is -0.338. The summed E-state index contributed by atoms with van der Waals surface area (Å²) >= 11 is 0. The molecule has 2 aromatic rings. The van der Waals surface area contributed by atoms with Crippen molar-refractivity contribution in [3.8, 4) is 11.5 Å². The summed E-state index contributed by atoms with van der Waals surface area (Å²) in [5.41, 5.74) is 2.08. The van der Waals surface area contributed by atoms with Crippen molar-refractivity contribution in [2.75, 3.05) is 42.0 Å². The lowest BCUT2D eigenvalue weighted by Gasteiger charge is -2.15. The van der Waals surface area contributed by atoms with Crippen molar-refractivity contribution in [2.45, 2.75) is 13.8 Å². The molecule has 2 rings (SSSR count). The van der Waals surface area contributed by atoms with Crippen LogP contribution in [0.4, 0.5) is 22.7 Å². The number of anilines is 4. The predicted molar refractivity (Wildman–Crippen MR) is 112 cm³/mol. The van der Waals surface area contributed by atoms with E-state index >= 15 is 0 Å². The number of benzene rings is 2. The maximum atomic E-state index is 12.4. The Morgan fingerprint density at radius 2 is 1.24 bits per heavy atom. The van der Waals surface area contributed by atoms with Crippen molar-refractivity contribution >= 4 is 40.5 Å². The van der Waals surface area contributed by atoms with Gasteiger partial charge in [0.15, 0.2) is 0 Å². The number of hydrogen-bond acceptors (Lipinski definition) is 6. The van der Waals surface area contributed by atoms with Gasteiger partial charge in [0.25, 0.3) is 0 Å². The van der Waals surface area contributed by atoms with Crippen molar-refractivity contribution in [1.29, 1.82) is 0 Å². The second-order valence-electron chi connectivity index (χ2n) is 6.09. The van der Waals surface area contributed by atoms with E-state index < -0.39 is 0 Å². The molecule has 2 aromatic carbocycles. The highest BCUT2D eigenvalue weighted by Gasteiger charge is 2.11. The summed E-state index contributed by atoms with van der Waals surface area (Å²) in [5, 5.41) is 11.1. The van der Waals surface area contributed by atoms with E-state index in [1.54, 1.807) is 36.4 Å². The van der Waals surface area contributed by atoms with Gasteiger partial charge in [-0.2, -0.15) is 0 Å². The maximum Gasteiger partial charge on any atom is 0.243 e. The van der Waals surface area contributed by atoms with Crippen LogP contribution in [0.5, 0.6) is 11.5 Å². The zero-order chi connectivity index (χ0) is 21.4. The molecule has 0 atom stereocenters. The molecule has 29 heavy (non-hydrogen) atoms. The molecule has 0 fully saturated rings. The first-order chi connectivity index (χ1) is 13.8. The lowest BCUT2D eigenvalue weighted by atomic mass is 10.2. The van der Waals surface area contributed by atoms with Gasteiger partial charge in [0.2, 0.25) is 17.7 Å². The summed E-state index contributed by atoms with van der Waals surface area (Å²) in [6.45, 7) is 2.75. The topological polar surface area (TPSA) is 118 Å². The zero-order valence-corrected chi connectivity index (χ0v) is 16.7. The van der Waals surface area contributed by atoms with Crippen LogP contribution in [-0.2, 0) is 14.4 Å². The van der Waals surface area contributed by atoms with Crippen molar-refractivity contribution in [3.05, 3.63) is 36.4 Å². The van der Waals surface area contributed by atoms with Crippen molar-refractivity contribution in [2.24, 2.45) is 0 Å². The number of methoxy groups -OCH3 is 2. The molecule has 0 radical (unpaired) electrons. The summed E-state index contributed by atoms with van der Waals surface area (Å²) in [6.07, 6.45) is 0. The molecule has 0 spiro atoms. The quantitative estimate of drug-likeness (QED) is 0.541. The fourth-order valence-corrected chi connectivity index (χ4v) is 2.58. The second kappa shape index (κ2) is 9.98. The zero-order valence-electron chi connectivity index (χ0n) is 16.7. The van der Waals surface area contributed by atoms with Gasteiger partial charge >= 0.3 is 0 Å². The lowest BCUT2D eigenvalue weighted by molar-refractivity contribution is -0.115. The normalized spacial score (nSPS) is 9.93. The summed E-state index contributed by atoms with van der Waals surface area (Å²) in [7, 11) is 3.00. The highest BCUT2D eigenvalue weighted by Crippen LogP contribution is 2.29. The molecule has 0 unspecified atom stereocenters. The number of amides is 3. The maximum absolute atomic E-state index is 12.4. The minimum absolute atomic E-state index is 0.0621. The van der Waals surface area contributed by atoms with E-state index in [1.165, 1.54) is 28.1 Å². The fraction of sp³-hybridized carbons (Fsp3) is 0.250. The summed E-state index contributed by atoms with van der Waals surface area (Å²) in [5.74, 6) is 0.218. The van der Waals surface area contributed by atoms with E-state index in [9.17, 15) is 14.4 Å². The van der Waals surface area contributed by atoms with Crippen LogP contribution >= 0.6 is 0 Å². The molecular weight excluding hydrogens is 376 g/mol. The first-order valence-electron chi connectivity index (χ1n) is 8.77. The Kier molecular flexibility index (Phi) is 7.41. The van der Waals surface area contributed by atoms with Crippen LogP contribution in [0.2, 0.25) is 0 Å². The Labute approximate surface area is 168 Å². The van der Waals surface area contributed by atoms with Gasteiger partial charge in [-0.3, -0.25) is 14.4 Å². The van der Waals surface area contributed by atoms with Crippen LogP contribution < -0.4 is 30.7 Å². The second-order valence-corrected chi connectivity index (χ2v) is 6.09. The van der Waals surface area contributed by atoms with Gasteiger partial charge in [0.05, 0.1) is 32.1 Å². The molecule has 9 nitrogen and oxygen atoms in total. The average molecular weight is 400 g/mol. The monoisotopic (exact) mass is 400 g/mol. The van der Waals surface area contributed by atoms with E-state index in [0.717, 1.165) is 0 Å². The summed E-state index contributed by atoms with van der Waals surface area (Å²) in [6, 6.07) is 9.98. The Balaban J connectivity index is 2.10. The van der Waals surface area contributed by atoms with Gasteiger partial charge in [-0.05, 0) is 36.4 Å². The van der Waals surface area contributed by atoms with Crippen molar-refractivity contribution in [3.63, 3.8) is 0 Å². The average Bonchev–Trinajstić information content (AvgIpc) is 2.66. The molecular formula is C20H24N4O5. The Bertz CT molecular complexity index is 914. The van der Waals surface area contributed by atoms with Gasteiger partial charge in [-0.1, -0.05) is 0 Å². The molecule has 0 bridgehead atoms. The summed E-state index contributed by atoms with van der Waals surface area (Å²) < 4.78 is 10.5. The number of carbonyl (C=O) groups excluding carboxylic acids is 3. The van der Waals surface area contributed by atoms with Crippen LogP contribution in [0, 0.1) is 0 Å². The van der Waals surface area contributed by atoms with Crippen molar-refractivity contribution in [1.82, 2.24) is 0 Å². The number of ether oxygens (including phenoxy) is 2. The van der Waals surface area contributed by atoms with E-state index in [4.69, 9.17) is 9.47 Å². The third-order valence-corrected chi connectivity index (χ3v) is 3.75. The Morgan fingerprint density at radius 3 is 1.72 bits per heavy atom. The minimum Gasteiger partial charge on any atom is -0.495 e. The van der Waals surface area contributed by atoms with E-state index in [1.807, 2.05) is 0 Å². The molecule has 9 heteroatoms. The van der Waals surface area contributed by atoms with E-state index in [0.29, 0.717) is 34.2 Å². The summed E-state index contributed by atoms with van der Waals surface area (Å²) in [4.78, 5) is 34.9. The van der Waals surface area contributed by atoms with E-state index in [-0.39, 0.29) is 24.3 Å².